The zero-order chi connectivity index (χ0) is 43.8. The Morgan fingerprint density at radius 1 is 0.814 bits per heavy atom. The average Bonchev–Trinajstić information content (AvgIpc) is 3.44. The van der Waals surface area contributed by atoms with Crippen LogP contribution in [0.2, 0.25) is 0 Å². The lowest BCUT2D eigenvalue weighted by Gasteiger charge is -2.28. The maximum Gasteiger partial charge on any atom is 0.306 e. The normalized spacial score (nSPS) is 19.7. The molecule has 1 rings (SSSR count). The van der Waals surface area contributed by atoms with E-state index in [9.17, 15) is 34.1 Å². The molecule has 6 atom stereocenters. The third-order valence-corrected chi connectivity index (χ3v) is 11.2. The lowest BCUT2D eigenvalue weighted by Crippen LogP contribution is -2.37. The first-order valence-corrected chi connectivity index (χ1v) is 23.9. The van der Waals surface area contributed by atoms with E-state index in [1.165, 1.54) is 19.3 Å². The van der Waals surface area contributed by atoms with Crippen molar-refractivity contribution in [3.05, 3.63) is 48.6 Å². The van der Waals surface area contributed by atoms with Gasteiger partial charge in [-0.15, -0.1) is 0 Å². The second-order valence-electron chi connectivity index (χ2n) is 16.8. The van der Waals surface area contributed by atoms with Crippen molar-refractivity contribution in [3.8, 4) is 0 Å². The van der Waals surface area contributed by atoms with Gasteiger partial charge in [0.1, 0.15) is 25.5 Å². The number of rotatable bonds is 36. The van der Waals surface area contributed by atoms with E-state index >= 15 is 0 Å². The van der Waals surface area contributed by atoms with E-state index < -0.39 is 50.6 Å². The number of ketones is 1. The van der Waals surface area contributed by atoms with Gasteiger partial charge in [-0.1, -0.05) is 114 Å². The molecule has 0 spiro atoms. The molecule has 13 heteroatoms. The van der Waals surface area contributed by atoms with Crippen LogP contribution in [0.1, 0.15) is 149 Å². The van der Waals surface area contributed by atoms with Gasteiger partial charge in [-0.2, -0.15) is 0 Å². The minimum Gasteiger partial charge on any atom is -0.756 e. The quantitative estimate of drug-likeness (QED) is 0.0203. The van der Waals surface area contributed by atoms with Crippen molar-refractivity contribution < 1.29 is 57.1 Å². The molecule has 0 radical (unpaired) electrons. The molecule has 2 N–H and O–H groups in total. The summed E-state index contributed by atoms with van der Waals surface area (Å²) in [7, 11) is 0.987. The van der Waals surface area contributed by atoms with Gasteiger partial charge < -0.3 is 38.1 Å². The lowest BCUT2D eigenvalue weighted by atomic mass is 9.90. The number of allylic oxidation sites excluding steroid dienone is 7. The molecule has 0 saturated heterocycles. The number of ether oxygens (including phenoxy) is 2. The maximum atomic E-state index is 12.8. The largest absolute Gasteiger partial charge is 0.756 e. The third kappa shape index (κ3) is 30.3. The van der Waals surface area contributed by atoms with Crippen LogP contribution in [0.25, 0.3) is 0 Å². The summed E-state index contributed by atoms with van der Waals surface area (Å²) in [6.07, 6.45) is 30.7. The number of nitrogens with zero attached hydrogens (tertiary/aromatic N) is 1. The molecule has 0 aromatic rings. The smallest absolute Gasteiger partial charge is 0.306 e. The standard InChI is InChI=1S/C46H80NO11P/c1-6-8-10-11-12-13-14-15-16-17-18-19-20-21-26-30-45(51)55-37-40(38-57-59(53,54)56-35-34-47(3,4)5)58-46(52)31-27-23-22-25-29-41-42(44(50)36-43(41)49)33-32-39(48)28-24-9-7-2/h12-13,15-16,22,25,32-33,39-43,48-49H,6-11,14,17-21,23-24,26-31,34-38H2,1-5H3/b13-12-,16-15-,25-22-,33-32+/t39-,40+,41+,42+,43-/m0/s1. The monoisotopic (exact) mass is 854 g/mol. The summed E-state index contributed by atoms with van der Waals surface area (Å²) in [6.45, 7) is 3.75. The summed E-state index contributed by atoms with van der Waals surface area (Å²) >= 11 is 0. The molecule has 1 unspecified atom stereocenters. The summed E-state index contributed by atoms with van der Waals surface area (Å²) in [5.74, 6) is -1.82. The van der Waals surface area contributed by atoms with Crippen molar-refractivity contribution in [1.29, 1.82) is 0 Å². The summed E-state index contributed by atoms with van der Waals surface area (Å²) in [5, 5.41) is 20.8. The zero-order valence-electron chi connectivity index (χ0n) is 37.1. The Morgan fingerprint density at radius 3 is 2.12 bits per heavy atom. The summed E-state index contributed by atoms with van der Waals surface area (Å²) in [6, 6.07) is 0. The number of hydrogen-bond donors (Lipinski definition) is 2. The van der Waals surface area contributed by atoms with Crippen molar-refractivity contribution in [2.24, 2.45) is 11.8 Å². The van der Waals surface area contributed by atoms with E-state index in [0.717, 1.165) is 64.2 Å². The molecular weight excluding hydrogens is 773 g/mol. The maximum absolute atomic E-state index is 12.8. The Labute approximate surface area is 356 Å². The predicted molar refractivity (Wildman–Crippen MR) is 232 cm³/mol. The van der Waals surface area contributed by atoms with Gasteiger partial charge in [0.2, 0.25) is 0 Å². The number of likely N-dealkylation sites (N-methyl/N-ethyl adjacent to an activating group) is 1. The number of esters is 2. The van der Waals surface area contributed by atoms with Crippen LogP contribution in [0.4, 0.5) is 0 Å². The van der Waals surface area contributed by atoms with Crippen molar-refractivity contribution >= 4 is 25.5 Å². The van der Waals surface area contributed by atoms with E-state index in [2.05, 4.69) is 38.2 Å². The number of Topliss-reactive ketones (excluding diaryl/α,β-unsaturated/α-hetero) is 1. The highest BCUT2D eigenvalue weighted by atomic mass is 31.2. The van der Waals surface area contributed by atoms with Crippen LogP contribution in [0.15, 0.2) is 48.6 Å². The Morgan fingerprint density at radius 2 is 1.42 bits per heavy atom. The highest BCUT2D eigenvalue weighted by Gasteiger charge is 2.39. The summed E-state index contributed by atoms with van der Waals surface area (Å²) < 4.78 is 33.8. The molecule has 0 aromatic carbocycles. The first kappa shape index (κ1) is 54.6. The summed E-state index contributed by atoms with van der Waals surface area (Å²) in [4.78, 5) is 50.3. The molecule has 0 bridgehead atoms. The van der Waals surface area contributed by atoms with Crippen LogP contribution in [0, 0.1) is 11.8 Å². The SMILES string of the molecule is CCCCC/C=C\C/C=C\CCCCCCCC(=O)OC[C@H](COP(=O)([O-])OCC[N+](C)(C)C)OC(=O)CCC/C=C\C[C@H]1[C@@H](O)CC(=O)[C@@H]1/C=C/[C@@H](O)CCCCC. The van der Waals surface area contributed by atoms with Gasteiger partial charge in [0.15, 0.2) is 6.10 Å². The molecule has 1 saturated carbocycles. The van der Waals surface area contributed by atoms with Crippen LogP contribution >= 0.6 is 7.82 Å². The fourth-order valence-electron chi connectivity index (χ4n) is 6.55. The van der Waals surface area contributed by atoms with Gasteiger partial charge in [-0.25, -0.2) is 0 Å². The molecular formula is C46H80NO11P. The first-order chi connectivity index (χ1) is 28.2. The lowest BCUT2D eigenvalue weighted by molar-refractivity contribution is -0.870. The number of phosphoric ester groups is 1. The van der Waals surface area contributed by atoms with Crippen LogP contribution < -0.4 is 4.89 Å². The van der Waals surface area contributed by atoms with E-state index in [1.54, 1.807) is 12.2 Å². The minimum absolute atomic E-state index is 0.0294. The number of carbonyl (C=O) groups is 3. The van der Waals surface area contributed by atoms with Gasteiger partial charge >= 0.3 is 11.9 Å². The third-order valence-electron chi connectivity index (χ3n) is 10.2. The van der Waals surface area contributed by atoms with Crippen LogP contribution in [-0.4, -0.2) is 98.2 Å². The molecule has 0 heterocycles. The van der Waals surface area contributed by atoms with E-state index in [4.69, 9.17) is 18.5 Å². The Bertz CT molecular complexity index is 1310. The second kappa shape index (κ2) is 33.2. The van der Waals surface area contributed by atoms with E-state index in [0.29, 0.717) is 43.1 Å². The second-order valence-corrected chi connectivity index (χ2v) is 18.3. The molecule has 340 valence electrons. The molecule has 1 aliphatic carbocycles. The van der Waals surface area contributed by atoms with Crippen LogP contribution in [0.5, 0.6) is 0 Å². The molecule has 0 aromatic heterocycles. The van der Waals surface area contributed by atoms with Crippen LogP contribution in [0.3, 0.4) is 0 Å². The molecule has 1 fully saturated rings. The number of hydrogen-bond acceptors (Lipinski definition) is 11. The highest BCUT2D eigenvalue weighted by molar-refractivity contribution is 7.45. The van der Waals surface area contributed by atoms with Crippen LogP contribution in [-0.2, 0) is 37.5 Å². The van der Waals surface area contributed by atoms with Gasteiger partial charge in [-0.3, -0.25) is 18.9 Å². The summed E-state index contributed by atoms with van der Waals surface area (Å²) in [5.41, 5.74) is 0. The van der Waals surface area contributed by atoms with Crippen molar-refractivity contribution in [1.82, 2.24) is 0 Å². The van der Waals surface area contributed by atoms with Gasteiger partial charge in [0, 0.05) is 31.1 Å². The Hall–Kier alpha value is -2.44. The number of quaternary nitrogens is 1. The fraction of sp³-hybridized carbons (Fsp3) is 0.761. The number of aliphatic hydroxyl groups is 2. The van der Waals surface area contributed by atoms with Crippen molar-refractivity contribution in [2.45, 2.75) is 167 Å². The van der Waals surface area contributed by atoms with E-state index in [-0.39, 0.29) is 44.2 Å². The fourth-order valence-corrected chi connectivity index (χ4v) is 7.28. The minimum atomic E-state index is -4.70. The van der Waals surface area contributed by atoms with Crippen molar-refractivity contribution in [3.63, 3.8) is 0 Å². The van der Waals surface area contributed by atoms with Gasteiger partial charge in [-0.05, 0) is 64.2 Å². The number of phosphoric acid groups is 1. The molecule has 59 heavy (non-hydrogen) atoms. The highest BCUT2D eigenvalue weighted by Crippen LogP contribution is 2.38. The van der Waals surface area contributed by atoms with Gasteiger partial charge in [0.05, 0.1) is 40.0 Å². The Balaban J connectivity index is 2.53. The van der Waals surface area contributed by atoms with E-state index in [1.807, 2.05) is 33.3 Å². The molecule has 0 amide bonds. The molecule has 12 nitrogen and oxygen atoms in total. The molecule has 1 aliphatic rings. The number of unbranched alkanes of at least 4 members (excludes halogenated alkanes) is 11. The number of carbonyl (C=O) groups excluding carboxylic acids is 3. The topological polar surface area (TPSA) is 169 Å². The average molecular weight is 854 g/mol. The zero-order valence-corrected chi connectivity index (χ0v) is 38.0. The number of aliphatic hydroxyl groups excluding tert-OH is 2. The Kier molecular flexibility index (Phi) is 30.7. The first-order valence-electron chi connectivity index (χ1n) is 22.4. The predicted octanol–water partition coefficient (Wildman–Crippen LogP) is 8.64. The molecule has 0 aliphatic heterocycles. The van der Waals surface area contributed by atoms with Crippen molar-refractivity contribution in [2.75, 3.05) is 47.5 Å². The van der Waals surface area contributed by atoms with Gasteiger partial charge in [0.25, 0.3) is 7.82 Å².